The predicted octanol–water partition coefficient (Wildman–Crippen LogP) is 2.93. The number of likely N-dealkylation sites (tertiary alicyclic amines) is 1. The van der Waals surface area contributed by atoms with E-state index in [2.05, 4.69) is 18.7 Å². The standard InChI is InChI=1S/C13H25NO/c1-10(2)12-7-5-6-8-14(9-12)13(15)11(3)4/h10-12H,5-9H2,1-4H3/t12-/m1/s1. The minimum atomic E-state index is 0.149. The Balaban J connectivity index is 2.60. The lowest BCUT2D eigenvalue weighted by Gasteiger charge is -2.28. The van der Waals surface area contributed by atoms with Gasteiger partial charge in [0.2, 0.25) is 5.91 Å². The minimum absolute atomic E-state index is 0.149. The maximum absolute atomic E-state index is 11.9. The maximum Gasteiger partial charge on any atom is 0.225 e. The van der Waals surface area contributed by atoms with E-state index in [1.54, 1.807) is 0 Å². The van der Waals surface area contributed by atoms with Crippen LogP contribution < -0.4 is 0 Å². The van der Waals surface area contributed by atoms with Gasteiger partial charge >= 0.3 is 0 Å². The SMILES string of the molecule is CC(C)C(=O)N1CCCC[C@@H](C(C)C)C1. The molecular weight excluding hydrogens is 186 g/mol. The van der Waals surface area contributed by atoms with Gasteiger partial charge in [0.15, 0.2) is 0 Å². The van der Waals surface area contributed by atoms with Gasteiger partial charge in [-0.3, -0.25) is 4.79 Å². The molecule has 88 valence electrons. The third-order valence-electron chi connectivity index (χ3n) is 3.46. The summed E-state index contributed by atoms with van der Waals surface area (Å²) >= 11 is 0. The Kier molecular flexibility index (Phi) is 4.62. The number of nitrogens with zero attached hydrogens (tertiary/aromatic N) is 1. The van der Waals surface area contributed by atoms with Crippen molar-refractivity contribution in [1.29, 1.82) is 0 Å². The molecule has 1 rings (SSSR count). The van der Waals surface area contributed by atoms with Crippen LogP contribution in [0.3, 0.4) is 0 Å². The highest BCUT2D eigenvalue weighted by molar-refractivity contribution is 5.78. The molecule has 0 aromatic carbocycles. The molecule has 0 radical (unpaired) electrons. The zero-order valence-electron chi connectivity index (χ0n) is 10.6. The largest absolute Gasteiger partial charge is 0.342 e. The first-order chi connectivity index (χ1) is 7.02. The van der Waals surface area contributed by atoms with Gasteiger partial charge in [-0.1, -0.05) is 34.1 Å². The molecule has 0 aromatic heterocycles. The lowest BCUT2D eigenvalue weighted by molar-refractivity contribution is -0.135. The summed E-state index contributed by atoms with van der Waals surface area (Å²) in [6, 6.07) is 0. The van der Waals surface area contributed by atoms with Crippen molar-refractivity contribution in [3.63, 3.8) is 0 Å². The topological polar surface area (TPSA) is 20.3 Å². The fourth-order valence-electron chi connectivity index (χ4n) is 2.28. The smallest absolute Gasteiger partial charge is 0.225 e. The Labute approximate surface area is 94.0 Å². The monoisotopic (exact) mass is 211 g/mol. The van der Waals surface area contributed by atoms with E-state index >= 15 is 0 Å². The fraction of sp³-hybridized carbons (Fsp3) is 0.923. The molecule has 0 aromatic rings. The summed E-state index contributed by atoms with van der Waals surface area (Å²) in [4.78, 5) is 14.0. The van der Waals surface area contributed by atoms with Crippen molar-refractivity contribution in [3.05, 3.63) is 0 Å². The van der Waals surface area contributed by atoms with Crippen LogP contribution in [0.25, 0.3) is 0 Å². The van der Waals surface area contributed by atoms with Crippen LogP contribution in [0.4, 0.5) is 0 Å². The zero-order valence-corrected chi connectivity index (χ0v) is 10.6. The van der Waals surface area contributed by atoms with E-state index in [1.807, 2.05) is 13.8 Å². The molecule has 15 heavy (non-hydrogen) atoms. The van der Waals surface area contributed by atoms with Gasteiger partial charge in [-0.2, -0.15) is 0 Å². The summed E-state index contributed by atoms with van der Waals surface area (Å²) in [7, 11) is 0. The average molecular weight is 211 g/mol. The number of rotatable bonds is 2. The van der Waals surface area contributed by atoms with E-state index < -0.39 is 0 Å². The number of carbonyl (C=O) groups is 1. The average Bonchev–Trinajstić information content (AvgIpc) is 2.41. The molecule has 0 unspecified atom stereocenters. The van der Waals surface area contributed by atoms with Gasteiger partial charge in [-0.15, -0.1) is 0 Å². The summed E-state index contributed by atoms with van der Waals surface area (Å²) in [6.45, 7) is 10.5. The number of hydrogen-bond acceptors (Lipinski definition) is 1. The van der Waals surface area contributed by atoms with Crippen molar-refractivity contribution in [3.8, 4) is 0 Å². The fourth-order valence-corrected chi connectivity index (χ4v) is 2.28. The summed E-state index contributed by atoms with van der Waals surface area (Å²) in [5, 5.41) is 0. The van der Waals surface area contributed by atoms with Gasteiger partial charge in [0, 0.05) is 19.0 Å². The van der Waals surface area contributed by atoms with Crippen molar-refractivity contribution in [2.75, 3.05) is 13.1 Å². The number of hydrogen-bond donors (Lipinski definition) is 0. The number of amides is 1. The molecule has 0 aliphatic carbocycles. The molecule has 1 aliphatic heterocycles. The molecule has 2 nitrogen and oxygen atoms in total. The third kappa shape index (κ3) is 3.51. The van der Waals surface area contributed by atoms with Crippen molar-refractivity contribution in [1.82, 2.24) is 4.90 Å². The Morgan fingerprint density at radius 3 is 2.40 bits per heavy atom. The van der Waals surface area contributed by atoms with E-state index in [-0.39, 0.29) is 5.92 Å². The van der Waals surface area contributed by atoms with Gasteiger partial charge in [0.1, 0.15) is 0 Å². The Morgan fingerprint density at radius 1 is 1.20 bits per heavy atom. The molecule has 0 spiro atoms. The molecule has 1 atom stereocenters. The second-order valence-electron chi connectivity index (χ2n) is 5.44. The molecule has 0 saturated carbocycles. The van der Waals surface area contributed by atoms with Crippen molar-refractivity contribution < 1.29 is 4.79 Å². The predicted molar refractivity (Wildman–Crippen MR) is 63.6 cm³/mol. The quantitative estimate of drug-likeness (QED) is 0.687. The van der Waals surface area contributed by atoms with Gasteiger partial charge < -0.3 is 4.90 Å². The first kappa shape index (κ1) is 12.5. The lowest BCUT2D eigenvalue weighted by Crippen LogP contribution is -2.38. The normalized spacial score (nSPS) is 23.3. The molecule has 1 amide bonds. The van der Waals surface area contributed by atoms with Gasteiger partial charge in [0.25, 0.3) is 0 Å². The highest BCUT2D eigenvalue weighted by Gasteiger charge is 2.24. The summed E-state index contributed by atoms with van der Waals surface area (Å²) in [5.41, 5.74) is 0. The molecular formula is C13H25NO. The maximum atomic E-state index is 11.9. The van der Waals surface area contributed by atoms with Crippen molar-refractivity contribution in [2.45, 2.75) is 47.0 Å². The van der Waals surface area contributed by atoms with Crippen LogP contribution in [0.5, 0.6) is 0 Å². The van der Waals surface area contributed by atoms with Gasteiger partial charge in [0.05, 0.1) is 0 Å². The molecule has 2 heteroatoms. The van der Waals surface area contributed by atoms with Crippen LogP contribution in [-0.4, -0.2) is 23.9 Å². The second-order valence-corrected chi connectivity index (χ2v) is 5.44. The molecule has 0 bridgehead atoms. The zero-order chi connectivity index (χ0) is 11.4. The Morgan fingerprint density at radius 2 is 1.87 bits per heavy atom. The third-order valence-corrected chi connectivity index (χ3v) is 3.46. The first-order valence-electron chi connectivity index (χ1n) is 6.31. The van der Waals surface area contributed by atoms with E-state index in [0.29, 0.717) is 17.7 Å². The molecule has 1 aliphatic rings. The highest BCUT2D eigenvalue weighted by Crippen LogP contribution is 2.23. The lowest BCUT2D eigenvalue weighted by atomic mass is 9.91. The van der Waals surface area contributed by atoms with Crippen LogP contribution in [0.2, 0.25) is 0 Å². The molecule has 1 fully saturated rings. The van der Waals surface area contributed by atoms with Crippen LogP contribution in [0.1, 0.15) is 47.0 Å². The van der Waals surface area contributed by atoms with Crippen molar-refractivity contribution in [2.24, 2.45) is 17.8 Å². The molecule has 1 heterocycles. The second kappa shape index (κ2) is 5.53. The number of carbonyl (C=O) groups excluding carboxylic acids is 1. The van der Waals surface area contributed by atoms with Gasteiger partial charge in [-0.05, 0) is 24.7 Å². The minimum Gasteiger partial charge on any atom is -0.342 e. The van der Waals surface area contributed by atoms with Crippen LogP contribution in [0.15, 0.2) is 0 Å². The highest BCUT2D eigenvalue weighted by atomic mass is 16.2. The Hall–Kier alpha value is -0.530. The van der Waals surface area contributed by atoms with Crippen LogP contribution >= 0.6 is 0 Å². The van der Waals surface area contributed by atoms with E-state index in [9.17, 15) is 4.79 Å². The first-order valence-corrected chi connectivity index (χ1v) is 6.31. The summed E-state index contributed by atoms with van der Waals surface area (Å²) in [5.74, 6) is 1.89. The molecule has 0 N–H and O–H groups in total. The van der Waals surface area contributed by atoms with Crippen molar-refractivity contribution >= 4 is 5.91 Å². The Bertz CT molecular complexity index is 211. The van der Waals surface area contributed by atoms with E-state index in [4.69, 9.17) is 0 Å². The van der Waals surface area contributed by atoms with E-state index in [0.717, 1.165) is 13.1 Å². The summed E-state index contributed by atoms with van der Waals surface area (Å²) in [6.07, 6.45) is 3.76. The van der Waals surface area contributed by atoms with Gasteiger partial charge in [-0.25, -0.2) is 0 Å². The van der Waals surface area contributed by atoms with Crippen LogP contribution in [0, 0.1) is 17.8 Å². The van der Waals surface area contributed by atoms with E-state index in [1.165, 1.54) is 19.3 Å². The summed E-state index contributed by atoms with van der Waals surface area (Å²) < 4.78 is 0. The molecule has 1 saturated heterocycles. The van der Waals surface area contributed by atoms with Crippen LogP contribution in [-0.2, 0) is 4.79 Å².